The maximum absolute atomic E-state index is 12.9. The van der Waals surface area contributed by atoms with Gasteiger partial charge in [0.15, 0.2) is 0 Å². The molecule has 0 saturated carbocycles. The Kier molecular flexibility index (Phi) is 3.09. The van der Waals surface area contributed by atoms with Crippen LogP contribution in [0.1, 0.15) is 19.4 Å². The van der Waals surface area contributed by atoms with Gasteiger partial charge in [-0.15, -0.1) is 0 Å². The van der Waals surface area contributed by atoms with Crippen molar-refractivity contribution in [3.05, 3.63) is 35.2 Å². The highest BCUT2D eigenvalue weighted by molar-refractivity contribution is 5.95. The van der Waals surface area contributed by atoms with Crippen LogP contribution < -0.4 is 5.73 Å². The molecule has 1 aromatic rings. The van der Waals surface area contributed by atoms with Crippen molar-refractivity contribution in [2.75, 3.05) is 5.73 Å². The lowest BCUT2D eigenvalue weighted by molar-refractivity contribution is -0.132. The molecule has 0 aliphatic carbocycles. The summed E-state index contributed by atoms with van der Waals surface area (Å²) in [6, 6.07) is 4.16. The van der Waals surface area contributed by atoms with Gasteiger partial charge in [-0.05, 0) is 37.1 Å². The fraction of sp³-hybridized carbons (Fsp3) is 0.182. The maximum atomic E-state index is 12.9. The summed E-state index contributed by atoms with van der Waals surface area (Å²) in [6.07, 6.45) is 0. The smallest absolute Gasteiger partial charge is 0.331 e. The van der Waals surface area contributed by atoms with Gasteiger partial charge in [-0.3, -0.25) is 0 Å². The predicted molar refractivity (Wildman–Crippen MR) is 56.7 cm³/mol. The van der Waals surface area contributed by atoms with Gasteiger partial charge in [0.05, 0.1) is 5.69 Å². The maximum Gasteiger partial charge on any atom is 0.331 e. The summed E-state index contributed by atoms with van der Waals surface area (Å²) in [5, 5.41) is 8.77. The lowest BCUT2D eigenvalue weighted by atomic mass is 10.0. The van der Waals surface area contributed by atoms with Gasteiger partial charge in [-0.25, -0.2) is 9.18 Å². The number of nitrogens with two attached hydrogens (primary N) is 1. The molecule has 0 radical (unpaired) electrons. The van der Waals surface area contributed by atoms with E-state index in [4.69, 9.17) is 10.8 Å². The number of benzene rings is 1. The van der Waals surface area contributed by atoms with Crippen LogP contribution in [0.5, 0.6) is 0 Å². The SMILES string of the molecule is C/C(C(=O)O)=C(\C)c1ccc(F)c(N)c1. The summed E-state index contributed by atoms with van der Waals surface area (Å²) < 4.78 is 12.9. The van der Waals surface area contributed by atoms with Crippen molar-refractivity contribution in [2.45, 2.75) is 13.8 Å². The van der Waals surface area contributed by atoms with Gasteiger partial charge in [0, 0.05) is 5.57 Å². The predicted octanol–water partition coefficient (Wildman–Crippen LogP) is 2.29. The Hall–Kier alpha value is -1.84. The number of rotatable bonds is 2. The van der Waals surface area contributed by atoms with E-state index in [-0.39, 0.29) is 11.3 Å². The molecule has 0 amide bonds. The minimum Gasteiger partial charge on any atom is -0.478 e. The third-order valence-corrected chi connectivity index (χ3v) is 2.31. The van der Waals surface area contributed by atoms with Crippen LogP contribution in [0.3, 0.4) is 0 Å². The molecule has 1 rings (SSSR count). The van der Waals surface area contributed by atoms with Crippen molar-refractivity contribution < 1.29 is 14.3 Å². The van der Waals surface area contributed by atoms with Gasteiger partial charge in [-0.2, -0.15) is 0 Å². The molecule has 0 aliphatic rings. The molecule has 0 saturated heterocycles. The first-order valence-electron chi connectivity index (χ1n) is 4.39. The Morgan fingerprint density at radius 3 is 2.47 bits per heavy atom. The number of allylic oxidation sites excluding steroid dienone is 1. The Morgan fingerprint density at radius 1 is 1.40 bits per heavy atom. The minimum absolute atomic E-state index is 0.0186. The molecule has 4 heteroatoms. The minimum atomic E-state index is -0.990. The molecular formula is C11H12FNO2. The van der Waals surface area contributed by atoms with E-state index in [9.17, 15) is 9.18 Å². The van der Waals surface area contributed by atoms with E-state index in [1.807, 2.05) is 0 Å². The van der Waals surface area contributed by atoms with Gasteiger partial charge >= 0.3 is 5.97 Å². The fourth-order valence-corrected chi connectivity index (χ4v) is 1.15. The normalized spacial score (nSPS) is 12.2. The van der Waals surface area contributed by atoms with Gasteiger partial charge in [0.25, 0.3) is 0 Å². The molecule has 0 heterocycles. The van der Waals surface area contributed by atoms with E-state index in [1.54, 1.807) is 6.92 Å². The molecule has 15 heavy (non-hydrogen) atoms. The molecule has 3 N–H and O–H groups in total. The van der Waals surface area contributed by atoms with Crippen LogP contribution in [0.15, 0.2) is 23.8 Å². The summed E-state index contributed by atoms with van der Waals surface area (Å²) in [4.78, 5) is 10.7. The van der Waals surface area contributed by atoms with Crippen LogP contribution in [-0.2, 0) is 4.79 Å². The van der Waals surface area contributed by atoms with Crippen LogP contribution in [0, 0.1) is 5.82 Å². The number of anilines is 1. The van der Waals surface area contributed by atoms with Gasteiger partial charge in [-0.1, -0.05) is 6.07 Å². The summed E-state index contributed by atoms with van der Waals surface area (Å²) in [7, 11) is 0. The largest absolute Gasteiger partial charge is 0.478 e. The number of carbonyl (C=O) groups is 1. The number of hydrogen-bond acceptors (Lipinski definition) is 2. The number of nitrogen functional groups attached to an aromatic ring is 1. The zero-order chi connectivity index (χ0) is 11.6. The Morgan fingerprint density at radius 2 is 2.00 bits per heavy atom. The molecule has 80 valence electrons. The molecule has 0 atom stereocenters. The topological polar surface area (TPSA) is 63.3 Å². The van der Waals surface area contributed by atoms with E-state index in [0.29, 0.717) is 11.1 Å². The second-order valence-corrected chi connectivity index (χ2v) is 3.29. The number of hydrogen-bond donors (Lipinski definition) is 2. The Bertz CT molecular complexity index is 438. The van der Waals surface area contributed by atoms with Crippen molar-refractivity contribution >= 4 is 17.2 Å². The van der Waals surface area contributed by atoms with Crippen LogP contribution in [0.4, 0.5) is 10.1 Å². The van der Waals surface area contributed by atoms with Crippen LogP contribution in [-0.4, -0.2) is 11.1 Å². The Balaban J connectivity index is 3.23. The van der Waals surface area contributed by atoms with E-state index in [1.165, 1.54) is 25.1 Å². The third kappa shape index (κ3) is 2.34. The number of carboxylic acid groups (broad SMARTS) is 1. The summed E-state index contributed by atoms with van der Waals surface area (Å²) in [6.45, 7) is 3.16. The molecule has 1 aromatic carbocycles. The van der Waals surface area contributed by atoms with Crippen molar-refractivity contribution in [1.82, 2.24) is 0 Å². The zero-order valence-corrected chi connectivity index (χ0v) is 8.54. The van der Waals surface area contributed by atoms with E-state index in [0.717, 1.165) is 0 Å². The molecule has 0 aromatic heterocycles. The summed E-state index contributed by atoms with van der Waals surface area (Å²) >= 11 is 0. The van der Waals surface area contributed by atoms with Crippen molar-refractivity contribution in [3.8, 4) is 0 Å². The molecular weight excluding hydrogens is 197 g/mol. The number of aliphatic carboxylic acids is 1. The van der Waals surface area contributed by atoms with Crippen LogP contribution in [0.25, 0.3) is 5.57 Å². The molecule has 0 fully saturated rings. The van der Waals surface area contributed by atoms with Crippen molar-refractivity contribution in [1.29, 1.82) is 0 Å². The standard InChI is InChI=1S/C11H12FNO2/c1-6(7(2)11(14)15)8-3-4-9(12)10(13)5-8/h3-5H,13H2,1-2H3,(H,14,15)/b7-6-. The second-order valence-electron chi connectivity index (χ2n) is 3.29. The van der Waals surface area contributed by atoms with Gasteiger partial charge in [0.2, 0.25) is 0 Å². The molecule has 3 nitrogen and oxygen atoms in total. The second kappa shape index (κ2) is 4.13. The van der Waals surface area contributed by atoms with Crippen LogP contribution >= 0.6 is 0 Å². The highest BCUT2D eigenvalue weighted by atomic mass is 19.1. The lowest BCUT2D eigenvalue weighted by Crippen LogP contribution is -2.00. The average molecular weight is 209 g/mol. The quantitative estimate of drug-likeness (QED) is 0.580. The highest BCUT2D eigenvalue weighted by Gasteiger charge is 2.08. The highest BCUT2D eigenvalue weighted by Crippen LogP contribution is 2.22. The molecule has 0 aliphatic heterocycles. The summed E-state index contributed by atoms with van der Waals surface area (Å²) in [5.74, 6) is -1.49. The molecule has 0 unspecified atom stereocenters. The molecule has 0 spiro atoms. The van der Waals surface area contributed by atoms with Gasteiger partial charge in [0.1, 0.15) is 5.82 Å². The van der Waals surface area contributed by atoms with Crippen LogP contribution in [0.2, 0.25) is 0 Å². The van der Waals surface area contributed by atoms with Gasteiger partial charge < -0.3 is 10.8 Å². The van der Waals surface area contributed by atoms with E-state index < -0.39 is 11.8 Å². The third-order valence-electron chi connectivity index (χ3n) is 2.31. The number of carboxylic acids is 1. The molecule has 0 bridgehead atoms. The van der Waals surface area contributed by atoms with E-state index in [2.05, 4.69) is 0 Å². The number of halogens is 1. The summed E-state index contributed by atoms with van der Waals surface area (Å²) in [5.41, 5.74) is 6.83. The Labute approximate surface area is 87.0 Å². The van der Waals surface area contributed by atoms with Crippen molar-refractivity contribution in [3.63, 3.8) is 0 Å². The zero-order valence-electron chi connectivity index (χ0n) is 8.54. The first-order chi connectivity index (χ1) is 6.93. The monoisotopic (exact) mass is 209 g/mol. The first kappa shape index (κ1) is 11.2. The van der Waals surface area contributed by atoms with E-state index >= 15 is 0 Å². The fourth-order valence-electron chi connectivity index (χ4n) is 1.15. The first-order valence-corrected chi connectivity index (χ1v) is 4.39. The average Bonchev–Trinajstić information content (AvgIpc) is 2.19. The van der Waals surface area contributed by atoms with Crippen molar-refractivity contribution in [2.24, 2.45) is 0 Å². The lowest BCUT2D eigenvalue weighted by Gasteiger charge is -2.06.